The van der Waals surface area contributed by atoms with Gasteiger partial charge in [0.15, 0.2) is 0 Å². The molecule has 2 aromatic heterocycles. The van der Waals surface area contributed by atoms with E-state index >= 15 is 0 Å². The first-order valence-corrected chi connectivity index (χ1v) is 11.7. The molecule has 0 radical (unpaired) electrons. The number of fused-ring (bicyclic) bond motifs is 1. The van der Waals surface area contributed by atoms with E-state index in [1.807, 2.05) is 38.1 Å². The molecule has 0 aliphatic heterocycles. The molecule has 0 spiro atoms. The second-order valence-corrected chi connectivity index (χ2v) is 9.66. The molecular weight excluding hydrogens is 424 g/mol. The Morgan fingerprint density at radius 1 is 1.22 bits per heavy atom. The Morgan fingerprint density at radius 3 is 2.75 bits per heavy atom. The molecule has 6 nitrogen and oxygen atoms in total. The van der Waals surface area contributed by atoms with Gasteiger partial charge in [-0.1, -0.05) is 50.4 Å². The van der Waals surface area contributed by atoms with Crippen molar-refractivity contribution in [1.82, 2.24) is 19.7 Å². The highest BCUT2D eigenvalue weighted by Gasteiger charge is 2.28. The first-order valence-electron chi connectivity index (χ1n) is 11.4. The Bertz CT molecular complexity index is 1210. The van der Waals surface area contributed by atoms with Crippen LogP contribution < -0.4 is 10.9 Å². The van der Waals surface area contributed by atoms with Crippen LogP contribution in [0.25, 0.3) is 10.8 Å². The minimum Gasteiger partial charge on any atom is -0.351 e. The standard InChI is InChI=1S/C25H31ClN4O2/c1-15-7-5-10-22(16(15)2)28-23(31)14-30-25(32)24-18(4)29(17(3)21(24)12-27-30)13-19-8-6-9-20(26)11-19/h6,8-9,11-12,15-16,22H,5,7,10,13-14H2,1-4H3,(H,28,31)/t15-,16+,22-/m1/s1. The number of nitrogens with zero attached hydrogens (tertiary/aromatic N) is 3. The molecule has 170 valence electrons. The summed E-state index contributed by atoms with van der Waals surface area (Å²) in [5.41, 5.74) is 2.68. The third-order valence-corrected chi connectivity index (χ3v) is 7.42. The third kappa shape index (κ3) is 4.33. The van der Waals surface area contributed by atoms with Crippen molar-refractivity contribution in [2.24, 2.45) is 11.8 Å². The Balaban J connectivity index is 1.59. The van der Waals surface area contributed by atoms with E-state index in [0.717, 1.165) is 35.2 Å². The van der Waals surface area contributed by atoms with Crippen molar-refractivity contribution in [1.29, 1.82) is 0 Å². The van der Waals surface area contributed by atoms with Gasteiger partial charge >= 0.3 is 0 Å². The molecule has 0 bridgehead atoms. The molecule has 1 amide bonds. The quantitative estimate of drug-likeness (QED) is 0.618. The topological polar surface area (TPSA) is 68.9 Å². The van der Waals surface area contributed by atoms with Crippen molar-refractivity contribution in [3.63, 3.8) is 0 Å². The molecular formula is C25H31ClN4O2. The molecule has 3 aromatic rings. The summed E-state index contributed by atoms with van der Waals surface area (Å²) in [5, 5.41) is 9.58. The van der Waals surface area contributed by atoms with Crippen molar-refractivity contribution < 1.29 is 4.79 Å². The molecule has 1 aliphatic rings. The maximum absolute atomic E-state index is 13.3. The third-order valence-electron chi connectivity index (χ3n) is 7.18. The van der Waals surface area contributed by atoms with Crippen LogP contribution in [0.2, 0.25) is 5.02 Å². The van der Waals surface area contributed by atoms with Crippen LogP contribution in [0.3, 0.4) is 0 Å². The minimum absolute atomic E-state index is 0.0651. The molecule has 1 saturated carbocycles. The number of rotatable bonds is 5. The number of hydrogen-bond acceptors (Lipinski definition) is 3. The number of amides is 1. The molecule has 4 rings (SSSR count). The average Bonchev–Trinajstić information content (AvgIpc) is 2.98. The van der Waals surface area contributed by atoms with E-state index in [9.17, 15) is 9.59 Å². The molecule has 1 aliphatic carbocycles. The van der Waals surface area contributed by atoms with E-state index < -0.39 is 0 Å². The maximum atomic E-state index is 13.3. The van der Waals surface area contributed by atoms with Gasteiger partial charge < -0.3 is 9.88 Å². The van der Waals surface area contributed by atoms with Crippen LogP contribution in [0.4, 0.5) is 0 Å². The molecule has 1 N–H and O–H groups in total. The minimum atomic E-state index is -0.229. The summed E-state index contributed by atoms with van der Waals surface area (Å²) in [6.07, 6.45) is 5.02. The molecule has 32 heavy (non-hydrogen) atoms. The van der Waals surface area contributed by atoms with Gasteiger partial charge in [0.2, 0.25) is 5.91 Å². The van der Waals surface area contributed by atoms with Gasteiger partial charge in [-0.05, 0) is 49.8 Å². The van der Waals surface area contributed by atoms with Gasteiger partial charge in [0.05, 0.1) is 11.6 Å². The Morgan fingerprint density at radius 2 is 2.00 bits per heavy atom. The Hall–Kier alpha value is -2.60. The van der Waals surface area contributed by atoms with E-state index in [2.05, 4.69) is 28.8 Å². The van der Waals surface area contributed by atoms with Gasteiger partial charge in [0, 0.05) is 34.4 Å². The summed E-state index contributed by atoms with van der Waals surface area (Å²) in [4.78, 5) is 26.0. The van der Waals surface area contributed by atoms with Crippen LogP contribution in [0.1, 0.15) is 50.1 Å². The number of aryl methyl sites for hydroxylation is 2. The van der Waals surface area contributed by atoms with E-state index in [1.54, 1.807) is 6.20 Å². The van der Waals surface area contributed by atoms with Gasteiger partial charge in [0.25, 0.3) is 5.56 Å². The Kier molecular flexibility index (Phi) is 6.42. The Labute approximate surface area is 193 Å². The number of hydrogen-bond donors (Lipinski definition) is 1. The lowest BCUT2D eigenvalue weighted by Gasteiger charge is -2.34. The van der Waals surface area contributed by atoms with Gasteiger partial charge in [-0.2, -0.15) is 5.10 Å². The largest absolute Gasteiger partial charge is 0.351 e. The van der Waals surface area contributed by atoms with Crippen LogP contribution in [0, 0.1) is 25.7 Å². The lowest BCUT2D eigenvalue weighted by molar-refractivity contribution is -0.123. The number of halogens is 1. The van der Waals surface area contributed by atoms with E-state index in [0.29, 0.717) is 28.8 Å². The number of carbonyl (C=O) groups excluding carboxylic acids is 1. The van der Waals surface area contributed by atoms with Gasteiger partial charge in [-0.25, -0.2) is 4.68 Å². The first-order chi connectivity index (χ1) is 15.3. The second-order valence-electron chi connectivity index (χ2n) is 9.22. The fourth-order valence-electron chi connectivity index (χ4n) is 4.99. The summed E-state index contributed by atoms with van der Waals surface area (Å²) >= 11 is 6.14. The normalized spacial score (nSPS) is 21.1. The zero-order chi connectivity index (χ0) is 23.0. The molecule has 7 heteroatoms. The second kappa shape index (κ2) is 9.10. The van der Waals surface area contributed by atoms with Gasteiger partial charge in [-0.15, -0.1) is 0 Å². The molecule has 3 atom stereocenters. The van der Waals surface area contributed by atoms with Crippen LogP contribution in [-0.2, 0) is 17.9 Å². The number of benzene rings is 1. The molecule has 1 aromatic carbocycles. The van der Waals surface area contributed by atoms with E-state index in [4.69, 9.17) is 11.6 Å². The number of carbonyl (C=O) groups is 1. The summed E-state index contributed by atoms with van der Waals surface area (Å²) in [7, 11) is 0. The van der Waals surface area contributed by atoms with Crippen molar-refractivity contribution in [3.8, 4) is 0 Å². The highest BCUT2D eigenvalue weighted by atomic mass is 35.5. The highest BCUT2D eigenvalue weighted by molar-refractivity contribution is 6.30. The SMILES string of the molecule is Cc1c2cnn(CC(=O)N[C@@H]3CCC[C@@H](C)[C@@H]3C)c(=O)c2c(C)n1Cc1cccc(Cl)c1. The van der Waals surface area contributed by atoms with Crippen LogP contribution in [0.5, 0.6) is 0 Å². The average molecular weight is 455 g/mol. The highest BCUT2D eigenvalue weighted by Crippen LogP contribution is 2.29. The van der Waals surface area contributed by atoms with Gasteiger partial charge in [-0.3, -0.25) is 9.59 Å². The molecule has 0 saturated heterocycles. The smallest absolute Gasteiger partial charge is 0.276 e. The summed E-state index contributed by atoms with van der Waals surface area (Å²) < 4.78 is 3.39. The van der Waals surface area contributed by atoms with Crippen LogP contribution in [-0.4, -0.2) is 26.3 Å². The number of aromatic nitrogens is 3. The van der Waals surface area contributed by atoms with E-state index in [1.165, 1.54) is 11.1 Å². The first kappa shape index (κ1) is 22.6. The molecule has 1 fully saturated rings. The van der Waals surface area contributed by atoms with Gasteiger partial charge in [0.1, 0.15) is 6.54 Å². The summed E-state index contributed by atoms with van der Waals surface area (Å²) in [6.45, 7) is 8.91. The lowest BCUT2D eigenvalue weighted by atomic mass is 9.78. The zero-order valence-corrected chi connectivity index (χ0v) is 19.9. The fourth-order valence-corrected chi connectivity index (χ4v) is 5.20. The lowest BCUT2D eigenvalue weighted by Crippen LogP contribution is -2.45. The molecule has 0 unspecified atom stereocenters. The summed E-state index contributed by atoms with van der Waals surface area (Å²) in [5.74, 6) is 0.874. The predicted octanol–water partition coefficient (Wildman–Crippen LogP) is 4.46. The molecule has 2 heterocycles. The van der Waals surface area contributed by atoms with Crippen molar-refractivity contribution in [2.75, 3.05) is 0 Å². The number of nitrogens with one attached hydrogen (secondary N) is 1. The van der Waals surface area contributed by atoms with Crippen molar-refractivity contribution in [3.05, 3.63) is 62.8 Å². The maximum Gasteiger partial charge on any atom is 0.276 e. The monoisotopic (exact) mass is 454 g/mol. The van der Waals surface area contributed by atoms with Crippen LogP contribution >= 0.6 is 11.6 Å². The predicted molar refractivity (Wildman–Crippen MR) is 128 cm³/mol. The fraction of sp³-hybridized carbons (Fsp3) is 0.480. The summed E-state index contributed by atoms with van der Waals surface area (Å²) in [6, 6.07) is 7.88. The van der Waals surface area contributed by atoms with Crippen molar-refractivity contribution >= 4 is 28.3 Å². The van der Waals surface area contributed by atoms with Crippen LogP contribution in [0.15, 0.2) is 35.3 Å². The van der Waals surface area contributed by atoms with Crippen molar-refractivity contribution in [2.45, 2.75) is 66.1 Å². The zero-order valence-electron chi connectivity index (χ0n) is 19.2. The van der Waals surface area contributed by atoms with E-state index in [-0.39, 0.29) is 24.1 Å².